The second kappa shape index (κ2) is 6.30. The van der Waals surface area contributed by atoms with E-state index in [2.05, 4.69) is 16.6 Å². The molecule has 0 spiro atoms. The second-order valence-corrected chi connectivity index (χ2v) is 3.61. The molecule has 1 rings (SSSR count). The number of benzene rings is 1. The minimum Gasteiger partial charge on any atom is -0.478 e. The minimum absolute atomic E-state index is 0.163. The Kier molecular flexibility index (Phi) is 4.76. The number of hydrogen-bond donors (Lipinski definition) is 3. The monoisotopic (exact) mass is 246 g/mol. The Labute approximate surface area is 105 Å². The third-order valence-corrected chi connectivity index (χ3v) is 2.30. The summed E-state index contributed by atoms with van der Waals surface area (Å²) < 4.78 is 0. The molecule has 0 heterocycles. The van der Waals surface area contributed by atoms with Crippen LogP contribution in [-0.4, -0.2) is 23.1 Å². The lowest BCUT2D eigenvalue weighted by atomic mass is 10.2. The van der Waals surface area contributed by atoms with E-state index in [9.17, 15) is 9.59 Å². The molecule has 0 fully saturated rings. The number of anilines is 1. The van der Waals surface area contributed by atoms with Gasteiger partial charge in [0.05, 0.1) is 11.6 Å². The van der Waals surface area contributed by atoms with Crippen molar-refractivity contribution in [1.29, 1.82) is 0 Å². The van der Waals surface area contributed by atoms with Crippen molar-refractivity contribution < 1.29 is 14.7 Å². The van der Waals surface area contributed by atoms with Gasteiger partial charge in [-0.1, -0.05) is 12.8 Å². The zero-order chi connectivity index (χ0) is 13.5. The molecule has 18 heavy (non-hydrogen) atoms. The summed E-state index contributed by atoms with van der Waals surface area (Å²) in [6.07, 6.45) is 5.86. The van der Waals surface area contributed by atoms with Gasteiger partial charge in [-0.15, -0.1) is 6.42 Å². The molecule has 1 unspecified atom stereocenters. The molecular weight excluding hydrogens is 232 g/mol. The molecular formula is C13H14N2O3. The van der Waals surface area contributed by atoms with Gasteiger partial charge in [-0.05, 0) is 30.7 Å². The largest absolute Gasteiger partial charge is 0.478 e. The van der Waals surface area contributed by atoms with Gasteiger partial charge in [0.2, 0.25) is 0 Å². The highest BCUT2D eigenvalue weighted by Crippen LogP contribution is 2.09. The predicted octanol–water partition coefficient (Wildman–Crippen LogP) is 1.92. The quantitative estimate of drug-likeness (QED) is 0.710. The third kappa shape index (κ3) is 3.83. The Morgan fingerprint density at radius 3 is 2.44 bits per heavy atom. The first-order chi connectivity index (χ1) is 8.56. The third-order valence-electron chi connectivity index (χ3n) is 2.30. The fourth-order valence-electron chi connectivity index (χ4n) is 1.28. The van der Waals surface area contributed by atoms with Crippen LogP contribution in [0.25, 0.3) is 0 Å². The number of carboxylic acids is 1. The molecule has 5 nitrogen and oxygen atoms in total. The average molecular weight is 246 g/mol. The number of aromatic carboxylic acids is 1. The Morgan fingerprint density at radius 2 is 2.00 bits per heavy atom. The first-order valence-electron chi connectivity index (χ1n) is 5.43. The summed E-state index contributed by atoms with van der Waals surface area (Å²) in [5, 5.41) is 13.9. The highest BCUT2D eigenvalue weighted by atomic mass is 16.4. The number of hydrogen-bond acceptors (Lipinski definition) is 2. The number of carboxylic acid groups (broad SMARTS) is 1. The number of terminal acetylenes is 1. The molecule has 0 aliphatic rings. The van der Waals surface area contributed by atoms with Crippen molar-refractivity contribution in [2.45, 2.75) is 19.4 Å². The van der Waals surface area contributed by atoms with Crippen molar-refractivity contribution in [3.05, 3.63) is 29.8 Å². The van der Waals surface area contributed by atoms with E-state index in [4.69, 9.17) is 11.5 Å². The van der Waals surface area contributed by atoms with Crippen molar-refractivity contribution in [3.8, 4) is 12.3 Å². The fraction of sp³-hybridized carbons (Fsp3) is 0.231. The lowest BCUT2D eigenvalue weighted by Gasteiger charge is -2.11. The van der Waals surface area contributed by atoms with Crippen LogP contribution in [0.15, 0.2) is 24.3 Å². The smallest absolute Gasteiger partial charge is 0.335 e. The van der Waals surface area contributed by atoms with E-state index in [-0.39, 0.29) is 11.6 Å². The second-order valence-electron chi connectivity index (χ2n) is 3.61. The number of carbonyl (C=O) groups is 2. The van der Waals surface area contributed by atoms with Crippen molar-refractivity contribution in [2.75, 3.05) is 5.32 Å². The molecule has 1 aromatic carbocycles. The van der Waals surface area contributed by atoms with Gasteiger partial charge in [0.25, 0.3) is 0 Å². The Balaban J connectivity index is 2.60. The summed E-state index contributed by atoms with van der Waals surface area (Å²) in [7, 11) is 0. The number of urea groups is 1. The maximum Gasteiger partial charge on any atom is 0.335 e. The standard InChI is InChI=1S/C13H14N2O3/c1-3-10(4-2)14-13(18)15-11-7-5-9(6-8-11)12(16)17/h1,5-8,10H,4H2,2H3,(H,16,17)(H2,14,15,18). The lowest BCUT2D eigenvalue weighted by Crippen LogP contribution is -2.36. The van der Waals surface area contributed by atoms with E-state index < -0.39 is 12.0 Å². The van der Waals surface area contributed by atoms with E-state index in [0.29, 0.717) is 12.1 Å². The summed E-state index contributed by atoms with van der Waals surface area (Å²) in [6, 6.07) is 5.12. The Morgan fingerprint density at radius 1 is 1.39 bits per heavy atom. The van der Waals surface area contributed by atoms with Crippen LogP contribution >= 0.6 is 0 Å². The van der Waals surface area contributed by atoms with Crippen molar-refractivity contribution in [3.63, 3.8) is 0 Å². The maximum absolute atomic E-state index is 11.5. The molecule has 0 aliphatic carbocycles. The van der Waals surface area contributed by atoms with E-state index in [1.54, 1.807) is 0 Å². The fourth-order valence-corrected chi connectivity index (χ4v) is 1.28. The molecule has 2 amide bonds. The zero-order valence-corrected chi connectivity index (χ0v) is 9.93. The van der Waals surface area contributed by atoms with Crippen LogP contribution in [0.2, 0.25) is 0 Å². The molecule has 0 aliphatic heterocycles. The first kappa shape index (κ1) is 13.6. The van der Waals surface area contributed by atoms with Crippen molar-refractivity contribution in [1.82, 2.24) is 5.32 Å². The number of rotatable bonds is 4. The average Bonchev–Trinajstić information content (AvgIpc) is 2.36. The molecule has 94 valence electrons. The van der Waals surface area contributed by atoms with Crippen LogP contribution in [0, 0.1) is 12.3 Å². The van der Waals surface area contributed by atoms with Crippen molar-refractivity contribution >= 4 is 17.7 Å². The Hall–Kier alpha value is -2.48. The van der Waals surface area contributed by atoms with E-state index in [0.717, 1.165) is 0 Å². The van der Waals surface area contributed by atoms with Crippen LogP contribution in [-0.2, 0) is 0 Å². The first-order valence-corrected chi connectivity index (χ1v) is 5.43. The summed E-state index contributed by atoms with van der Waals surface area (Å²) in [4.78, 5) is 22.2. The molecule has 0 saturated carbocycles. The van der Waals surface area contributed by atoms with Gasteiger partial charge in [-0.3, -0.25) is 0 Å². The highest BCUT2D eigenvalue weighted by molar-refractivity contribution is 5.91. The molecule has 5 heteroatoms. The normalized spacial score (nSPS) is 11.1. The van der Waals surface area contributed by atoms with Crippen LogP contribution in [0.4, 0.5) is 10.5 Å². The van der Waals surface area contributed by atoms with Gasteiger partial charge in [0, 0.05) is 5.69 Å². The van der Waals surface area contributed by atoms with Gasteiger partial charge in [0.1, 0.15) is 0 Å². The minimum atomic E-state index is -1.01. The molecule has 0 saturated heterocycles. The Bertz CT molecular complexity index is 474. The van der Waals surface area contributed by atoms with Gasteiger partial charge < -0.3 is 15.7 Å². The molecule has 1 atom stereocenters. The predicted molar refractivity (Wildman–Crippen MR) is 68.5 cm³/mol. The lowest BCUT2D eigenvalue weighted by molar-refractivity contribution is 0.0697. The number of carbonyl (C=O) groups excluding carboxylic acids is 1. The topological polar surface area (TPSA) is 78.4 Å². The van der Waals surface area contributed by atoms with Crippen LogP contribution in [0.5, 0.6) is 0 Å². The summed E-state index contributed by atoms with van der Waals surface area (Å²) >= 11 is 0. The van der Waals surface area contributed by atoms with E-state index in [1.165, 1.54) is 24.3 Å². The van der Waals surface area contributed by atoms with Gasteiger partial charge in [0.15, 0.2) is 0 Å². The highest BCUT2D eigenvalue weighted by Gasteiger charge is 2.08. The van der Waals surface area contributed by atoms with Gasteiger partial charge in [-0.2, -0.15) is 0 Å². The van der Waals surface area contributed by atoms with Crippen LogP contribution in [0.3, 0.4) is 0 Å². The van der Waals surface area contributed by atoms with Gasteiger partial charge in [-0.25, -0.2) is 9.59 Å². The molecule has 1 aromatic rings. The summed E-state index contributed by atoms with van der Waals surface area (Å²) in [6.45, 7) is 1.87. The molecule has 0 radical (unpaired) electrons. The van der Waals surface area contributed by atoms with E-state index >= 15 is 0 Å². The SMILES string of the molecule is C#CC(CC)NC(=O)Nc1ccc(C(=O)O)cc1. The molecule has 0 aromatic heterocycles. The van der Waals surface area contributed by atoms with Gasteiger partial charge >= 0.3 is 12.0 Å². The van der Waals surface area contributed by atoms with Crippen LogP contribution in [0.1, 0.15) is 23.7 Å². The van der Waals surface area contributed by atoms with Crippen molar-refractivity contribution in [2.24, 2.45) is 0 Å². The summed E-state index contributed by atoms with van der Waals surface area (Å²) in [5.74, 6) is 1.43. The van der Waals surface area contributed by atoms with E-state index in [1.807, 2.05) is 6.92 Å². The summed E-state index contributed by atoms with van der Waals surface area (Å²) in [5.41, 5.74) is 0.667. The number of amides is 2. The molecule has 0 bridgehead atoms. The zero-order valence-electron chi connectivity index (χ0n) is 9.93. The van der Waals surface area contributed by atoms with Crippen LogP contribution < -0.4 is 10.6 Å². The molecule has 3 N–H and O–H groups in total. The number of nitrogens with one attached hydrogen (secondary N) is 2. The maximum atomic E-state index is 11.5.